The third-order valence-electron chi connectivity index (χ3n) is 6.58. The highest BCUT2D eigenvalue weighted by atomic mass is 35.5. The lowest BCUT2D eigenvalue weighted by atomic mass is 10.00. The molecule has 3 heterocycles. The lowest BCUT2D eigenvalue weighted by molar-refractivity contribution is -0.137. The summed E-state index contributed by atoms with van der Waals surface area (Å²) in [6.45, 7) is 4.70. The molecule has 2 fully saturated rings. The van der Waals surface area contributed by atoms with Crippen LogP contribution < -0.4 is 4.74 Å². The molecule has 1 amide bonds. The molecule has 1 atom stereocenters. The molecular weight excluding hydrogens is 497 g/mol. The molecule has 1 aromatic carbocycles. The van der Waals surface area contributed by atoms with Crippen molar-refractivity contribution in [2.75, 3.05) is 19.9 Å². The number of carbonyl (C=O) groups excluding carboxylic acids is 1. The second-order valence-corrected chi connectivity index (χ2v) is 9.67. The zero-order chi connectivity index (χ0) is 25.6. The molecule has 2 aromatic heterocycles. The van der Waals surface area contributed by atoms with Gasteiger partial charge in [-0.15, -0.1) is 0 Å². The number of rotatable bonds is 8. The average Bonchev–Trinajstić information content (AvgIpc) is 3.53. The van der Waals surface area contributed by atoms with E-state index in [2.05, 4.69) is 10.1 Å². The van der Waals surface area contributed by atoms with E-state index in [4.69, 9.17) is 21.1 Å². The minimum atomic E-state index is -4.52. The minimum absolute atomic E-state index is 0.0257. The molecule has 5 rings (SSSR count). The summed E-state index contributed by atoms with van der Waals surface area (Å²) in [7, 11) is 0. The zero-order valence-corrected chi connectivity index (χ0v) is 20.7. The topological polar surface area (TPSA) is 69.5 Å². The Balaban J connectivity index is 1.46. The highest BCUT2D eigenvalue weighted by molar-refractivity contribution is 6.34. The summed E-state index contributed by atoms with van der Waals surface area (Å²) in [4.78, 5) is 18.9. The number of amides is 1. The predicted molar refractivity (Wildman–Crippen MR) is 128 cm³/mol. The molecule has 7 nitrogen and oxygen atoms in total. The fourth-order valence-electron chi connectivity index (χ4n) is 4.71. The molecule has 1 aliphatic carbocycles. The number of hydrogen-bond acceptors (Lipinski definition) is 5. The average molecular weight is 523 g/mol. The monoisotopic (exact) mass is 522 g/mol. The van der Waals surface area contributed by atoms with E-state index in [1.807, 2.05) is 4.90 Å². The number of benzene rings is 1. The van der Waals surface area contributed by atoms with Crippen LogP contribution in [0.1, 0.15) is 37.3 Å². The van der Waals surface area contributed by atoms with Gasteiger partial charge in [-0.2, -0.15) is 18.3 Å². The van der Waals surface area contributed by atoms with Gasteiger partial charge in [0.25, 0.3) is 0 Å². The molecule has 0 unspecified atom stereocenters. The fraction of sp³-hybridized carbons (Fsp3) is 0.480. The largest absolute Gasteiger partial charge is 0.467 e. The van der Waals surface area contributed by atoms with Gasteiger partial charge in [-0.05, 0) is 56.5 Å². The number of pyridine rings is 1. The van der Waals surface area contributed by atoms with Crippen LogP contribution in [0.4, 0.5) is 13.2 Å². The number of carbonyl (C=O) groups is 1. The summed E-state index contributed by atoms with van der Waals surface area (Å²) in [6, 6.07) is 5.86. The first-order valence-corrected chi connectivity index (χ1v) is 12.3. The number of likely N-dealkylation sites (tertiary alicyclic amines) is 1. The van der Waals surface area contributed by atoms with E-state index in [-0.39, 0.29) is 24.4 Å². The maximum absolute atomic E-state index is 13.4. The van der Waals surface area contributed by atoms with Crippen molar-refractivity contribution < 1.29 is 27.4 Å². The zero-order valence-electron chi connectivity index (χ0n) is 19.9. The summed E-state index contributed by atoms with van der Waals surface area (Å²) in [5.41, 5.74) is 0.763. The molecule has 2 aliphatic rings. The van der Waals surface area contributed by atoms with Gasteiger partial charge in [0.1, 0.15) is 10.9 Å². The van der Waals surface area contributed by atoms with Gasteiger partial charge < -0.3 is 14.4 Å². The molecule has 1 aliphatic heterocycles. The number of aryl methyl sites for hydroxylation is 1. The van der Waals surface area contributed by atoms with Crippen LogP contribution in [0.15, 0.2) is 24.3 Å². The Morgan fingerprint density at radius 3 is 2.69 bits per heavy atom. The molecule has 36 heavy (non-hydrogen) atoms. The molecule has 0 radical (unpaired) electrons. The first kappa shape index (κ1) is 24.8. The first-order chi connectivity index (χ1) is 17.2. The first-order valence-electron chi connectivity index (χ1n) is 11.9. The standard InChI is InChI=1S/C25H26ClF3N4O3/c1-3-35-13-36-20-10-16(25(27,28)29)8-14(2)22(20)19-7-6-18-23(26)33(31-24(18)30-19)12-15-9-21(34)32(11-15)17-4-5-17/h6-8,10,15,17H,3-5,9,11-13H2,1-2H3/t15-/m1/s1. The van der Waals surface area contributed by atoms with E-state index < -0.39 is 11.7 Å². The lowest BCUT2D eigenvalue weighted by Crippen LogP contribution is -2.27. The Morgan fingerprint density at radius 1 is 1.22 bits per heavy atom. The third-order valence-corrected chi connectivity index (χ3v) is 6.98. The Bertz CT molecular complexity index is 1310. The van der Waals surface area contributed by atoms with Crippen LogP contribution in [0.3, 0.4) is 0 Å². The van der Waals surface area contributed by atoms with Gasteiger partial charge in [-0.3, -0.25) is 9.48 Å². The van der Waals surface area contributed by atoms with E-state index >= 15 is 0 Å². The Kier molecular flexibility index (Phi) is 6.59. The third kappa shape index (κ3) is 4.88. The van der Waals surface area contributed by atoms with Crippen LogP contribution in [-0.4, -0.2) is 51.6 Å². The molecule has 1 saturated carbocycles. The van der Waals surface area contributed by atoms with Crippen LogP contribution in [0, 0.1) is 12.8 Å². The van der Waals surface area contributed by atoms with Gasteiger partial charge in [0.15, 0.2) is 12.4 Å². The Hall–Kier alpha value is -2.85. The summed E-state index contributed by atoms with van der Waals surface area (Å²) in [5.74, 6) is 0.311. The van der Waals surface area contributed by atoms with Crippen molar-refractivity contribution in [2.45, 2.75) is 51.9 Å². The molecule has 0 spiro atoms. The maximum Gasteiger partial charge on any atom is 0.416 e. The Morgan fingerprint density at radius 2 is 2.00 bits per heavy atom. The van der Waals surface area contributed by atoms with Crippen molar-refractivity contribution in [1.29, 1.82) is 0 Å². The number of fused-ring (bicyclic) bond motifs is 1. The van der Waals surface area contributed by atoms with Gasteiger partial charge in [-0.1, -0.05) is 11.6 Å². The number of aromatic nitrogens is 3. The maximum atomic E-state index is 13.4. The van der Waals surface area contributed by atoms with Crippen molar-refractivity contribution >= 4 is 28.5 Å². The van der Waals surface area contributed by atoms with Gasteiger partial charge in [0.2, 0.25) is 5.91 Å². The molecule has 1 saturated heterocycles. The highest BCUT2D eigenvalue weighted by Gasteiger charge is 2.39. The van der Waals surface area contributed by atoms with Gasteiger partial charge >= 0.3 is 6.18 Å². The van der Waals surface area contributed by atoms with Crippen molar-refractivity contribution in [2.24, 2.45) is 5.92 Å². The van der Waals surface area contributed by atoms with Crippen LogP contribution in [0.25, 0.3) is 22.3 Å². The molecule has 11 heteroatoms. The number of hydrogen-bond donors (Lipinski definition) is 0. The summed E-state index contributed by atoms with van der Waals surface area (Å²) in [5, 5.41) is 5.61. The molecule has 0 N–H and O–H groups in total. The normalized spacial score (nSPS) is 18.4. The lowest BCUT2D eigenvalue weighted by Gasteiger charge is -2.17. The predicted octanol–water partition coefficient (Wildman–Crippen LogP) is 5.46. The summed E-state index contributed by atoms with van der Waals surface area (Å²) in [6.07, 6.45) is -1.92. The van der Waals surface area contributed by atoms with Crippen LogP contribution in [0.5, 0.6) is 5.75 Å². The van der Waals surface area contributed by atoms with E-state index in [1.54, 1.807) is 30.7 Å². The molecule has 192 valence electrons. The molecule has 0 bridgehead atoms. The van der Waals surface area contributed by atoms with Crippen LogP contribution >= 0.6 is 11.6 Å². The smallest absolute Gasteiger partial charge is 0.416 e. The molecular formula is C25H26ClF3N4O3. The number of ether oxygens (including phenoxy) is 2. The highest BCUT2D eigenvalue weighted by Crippen LogP contribution is 2.40. The van der Waals surface area contributed by atoms with Crippen LogP contribution in [0.2, 0.25) is 5.15 Å². The summed E-state index contributed by atoms with van der Waals surface area (Å²) >= 11 is 6.60. The van der Waals surface area contributed by atoms with Gasteiger partial charge in [-0.25, -0.2) is 4.98 Å². The van der Waals surface area contributed by atoms with Crippen molar-refractivity contribution in [3.63, 3.8) is 0 Å². The van der Waals surface area contributed by atoms with E-state index in [0.29, 0.717) is 65.2 Å². The summed E-state index contributed by atoms with van der Waals surface area (Å²) < 4.78 is 52.7. The quantitative estimate of drug-likeness (QED) is 0.290. The molecule has 3 aromatic rings. The number of alkyl halides is 3. The van der Waals surface area contributed by atoms with Gasteiger partial charge in [0, 0.05) is 43.6 Å². The number of nitrogens with zero attached hydrogens (tertiary/aromatic N) is 4. The SMILES string of the molecule is CCOCOc1cc(C(F)(F)F)cc(C)c1-c1ccc2c(Cl)n(C[C@@H]3CC(=O)N(C4CC4)C3)nc2n1. The minimum Gasteiger partial charge on any atom is -0.467 e. The van der Waals surface area contributed by atoms with Crippen molar-refractivity contribution in [3.8, 4) is 17.0 Å². The second-order valence-electron chi connectivity index (χ2n) is 9.31. The second kappa shape index (κ2) is 9.55. The number of halogens is 4. The fourth-order valence-corrected chi connectivity index (χ4v) is 4.96. The van der Waals surface area contributed by atoms with E-state index in [9.17, 15) is 18.0 Å². The van der Waals surface area contributed by atoms with Crippen molar-refractivity contribution in [1.82, 2.24) is 19.7 Å². The van der Waals surface area contributed by atoms with E-state index in [0.717, 1.165) is 25.0 Å². The van der Waals surface area contributed by atoms with Crippen LogP contribution in [-0.2, 0) is 22.3 Å². The van der Waals surface area contributed by atoms with Gasteiger partial charge in [0.05, 0.1) is 16.6 Å². The van der Waals surface area contributed by atoms with E-state index in [1.165, 1.54) is 0 Å². The van der Waals surface area contributed by atoms with Crippen molar-refractivity contribution in [3.05, 3.63) is 40.5 Å². The Labute approximate surface area is 211 Å².